The van der Waals surface area contributed by atoms with Crippen molar-refractivity contribution in [2.75, 3.05) is 21.1 Å². The molecule has 0 aliphatic carbocycles. The topological polar surface area (TPSA) is 69.8 Å². The molecule has 0 fully saturated rings. The molecule has 0 bridgehead atoms. The van der Waals surface area contributed by atoms with Gasteiger partial charge in [0.15, 0.2) is 17.4 Å². The van der Waals surface area contributed by atoms with Crippen LogP contribution in [0.2, 0.25) is 0 Å². The molecule has 0 atom stereocenters. The highest BCUT2D eigenvalue weighted by atomic mass is 15.3. The van der Waals surface area contributed by atoms with E-state index in [2.05, 4.69) is 69.1 Å². The lowest BCUT2D eigenvalue weighted by atomic mass is 10.1. The van der Waals surface area contributed by atoms with E-state index in [1.807, 2.05) is 28.8 Å². The Morgan fingerprint density at radius 1 is 1.00 bits per heavy atom. The number of rotatable bonds is 6. The Labute approximate surface area is 153 Å². The van der Waals surface area contributed by atoms with Crippen LogP contribution in [0, 0.1) is 0 Å². The van der Waals surface area contributed by atoms with E-state index < -0.39 is 0 Å². The summed E-state index contributed by atoms with van der Waals surface area (Å²) in [7, 11) is 5.92. The van der Waals surface area contributed by atoms with E-state index in [0.29, 0.717) is 13.1 Å². The molecule has 0 amide bonds. The van der Waals surface area contributed by atoms with Crippen LogP contribution in [0.4, 0.5) is 0 Å². The summed E-state index contributed by atoms with van der Waals surface area (Å²) in [5, 5.41) is 15.1. The van der Waals surface area contributed by atoms with Crippen LogP contribution in [0.5, 0.6) is 0 Å². The van der Waals surface area contributed by atoms with Gasteiger partial charge in [-0.1, -0.05) is 30.3 Å². The maximum Gasteiger partial charge on any atom is 0.191 e. The largest absolute Gasteiger partial charge is 0.352 e. The number of guanidine groups is 1. The highest BCUT2D eigenvalue weighted by molar-refractivity contribution is 5.79. The standard InChI is InChI=1S/C19H25N7/c1-20-19(21-12-15-8-4-5-9-16(15)14-25(2)3)22-13-18-24-23-17-10-6-7-11-26(17)18/h4-11H,12-14H2,1-3H3,(H2,20,21,22). The number of benzene rings is 1. The summed E-state index contributed by atoms with van der Waals surface area (Å²) < 4.78 is 1.96. The third-order valence-corrected chi connectivity index (χ3v) is 4.07. The Morgan fingerprint density at radius 2 is 1.73 bits per heavy atom. The average molecular weight is 351 g/mol. The summed E-state index contributed by atoms with van der Waals surface area (Å²) in [6, 6.07) is 14.3. The normalized spacial score (nSPS) is 11.9. The van der Waals surface area contributed by atoms with Gasteiger partial charge in [0.05, 0.1) is 6.54 Å². The minimum Gasteiger partial charge on any atom is -0.352 e. The van der Waals surface area contributed by atoms with E-state index >= 15 is 0 Å². The fourth-order valence-electron chi connectivity index (χ4n) is 2.80. The first-order chi connectivity index (χ1) is 12.7. The molecule has 0 aliphatic rings. The van der Waals surface area contributed by atoms with Gasteiger partial charge < -0.3 is 15.5 Å². The zero-order valence-electron chi connectivity index (χ0n) is 15.5. The maximum atomic E-state index is 4.30. The van der Waals surface area contributed by atoms with E-state index in [1.165, 1.54) is 11.1 Å². The Bertz CT molecular complexity index is 882. The number of aromatic nitrogens is 3. The van der Waals surface area contributed by atoms with E-state index in [-0.39, 0.29) is 0 Å². The van der Waals surface area contributed by atoms with Gasteiger partial charge in [0.25, 0.3) is 0 Å². The predicted molar refractivity (Wildman–Crippen MR) is 104 cm³/mol. The number of pyridine rings is 1. The van der Waals surface area contributed by atoms with Crippen LogP contribution < -0.4 is 10.6 Å². The lowest BCUT2D eigenvalue weighted by molar-refractivity contribution is 0.400. The fraction of sp³-hybridized carbons (Fsp3) is 0.316. The van der Waals surface area contributed by atoms with E-state index in [1.54, 1.807) is 7.05 Å². The molecule has 2 aromatic heterocycles. The van der Waals surface area contributed by atoms with Crippen molar-refractivity contribution < 1.29 is 0 Å². The van der Waals surface area contributed by atoms with E-state index in [0.717, 1.165) is 24.0 Å². The minimum atomic E-state index is 0.546. The van der Waals surface area contributed by atoms with Gasteiger partial charge in [-0.3, -0.25) is 9.39 Å². The smallest absolute Gasteiger partial charge is 0.191 e. The van der Waals surface area contributed by atoms with E-state index in [4.69, 9.17) is 0 Å². The van der Waals surface area contributed by atoms with Crippen LogP contribution in [0.25, 0.3) is 5.65 Å². The van der Waals surface area contributed by atoms with Crippen molar-refractivity contribution in [1.29, 1.82) is 0 Å². The Hall–Kier alpha value is -2.93. The first kappa shape index (κ1) is 17.9. The Morgan fingerprint density at radius 3 is 2.50 bits per heavy atom. The highest BCUT2D eigenvalue weighted by Crippen LogP contribution is 2.10. The summed E-state index contributed by atoms with van der Waals surface area (Å²) in [4.78, 5) is 6.47. The Kier molecular flexibility index (Phi) is 5.80. The second-order valence-electron chi connectivity index (χ2n) is 6.33. The number of nitrogens with one attached hydrogen (secondary N) is 2. The highest BCUT2D eigenvalue weighted by Gasteiger charge is 2.07. The number of hydrogen-bond donors (Lipinski definition) is 2. The zero-order valence-corrected chi connectivity index (χ0v) is 15.5. The molecule has 7 heteroatoms. The fourth-order valence-corrected chi connectivity index (χ4v) is 2.80. The number of fused-ring (bicyclic) bond motifs is 1. The van der Waals surface area contributed by atoms with Gasteiger partial charge in [-0.2, -0.15) is 0 Å². The summed E-state index contributed by atoms with van der Waals surface area (Å²) in [5.74, 6) is 1.58. The molecule has 0 unspecified atom stereocenters. The SMILES string of the molecule is CN=C(NCc1ccccc1CN(C)C)NCc1nnc2ccccn12. The van der Waals surface area contributed by atoms with Crippen LogP contribution in [-0.2, 0) is 19.6 Å². The molecule has 2 heterocycles. The van der Waals surface area contributed by atoms with Crippen LogP contribution in [0.3, 0.4) is 0 Å². The molecule has 0 saturated heterocycles. The van der Waals surface area contributed by atoms with Gasteiger partial charge >= 0.3 is 0 Å². The first-order valence-electron chi connectivity index (χ1n) is 8.62. The molecular weight excluding hydrogens is 326 g/mol. The number of nitrogens with zero attached hydrogens (tertiary/aromatic N) is 5. The molecule has 0 spiro atoms. The second kappa shape index (κ2) is 8.44. The van der Waals surface area contributed by atoms with Crippen LogP contribution >= 0.6 is 0 Å². The van der Waals surface area contributed by atoms with Crippen LogP contribution in [-0.4, -0.2) is 46.6 Å². The lowest BCUT2D eigenvalue weighted by Crippen LogP contribution is -2.37. The van der Waals surface area contributed by atoms with Crippen LogP contribution in [0.15, 0.2) is 53.7 Å². The van der Waals surface area contributed by atoms with Gasteiger partial charge in [0, 0.05) is 26.3 Å². The number of aliphatic imine (C=N–C) groups is 1. The monoisotopic (exact) mass is 351 g/mol. The molecule has 0 saturated carbocycles. The maximum absolute atomic E-state index is 4.30. The van der Waals surface area contributed by atoms with Gasteiger partial charge in [-0.15, -0.1) is 10.2 Å². The van der Waals surface area contributed by atoms with Crippen molar-refractivity contribution in [3.63, 3.8) is 0 Å². The van der Waals surface area contributed by atoms with Gasteiger partial charge in [-0.05, 0) is 37.4 Å². The molecule has 3 aromatic rings. The summed E-state index contributed by atoms with van der Waals surface area (Å²) >= 11 is 0. The molecule has 0 radical (unpaired) electrons. The molecule has 7 nitrogen and oxygen atoms in total. The van der Waals surface area contributed by atoms with Gasteiger partial charge in [0.2, 0.25) is 0 Å². The molecule has 26 heavy (non-hydrogen) atoms. The number of hydrogen-bond acceptors (Lipinski definition) is 4. The third-order valence-electron chi connectivity index (χ3n) is 4.07. The predicted octanol–water partition coefficient (Wildman–Crippen LogP) is 1.66. The lowest BCUT2D eigenvalue weighted by Gasteiger charge is -2.16. The summed E-state index contributed by atoms with van der Waals surface area (Å²) in [6.45, 7) is 2.17. The molecule has 0 aliphatic heterocycles. The summed E-state index contributed by atoms with van der Waals surface area (Å²) in [5.41, 5.74) is 3.41. The van der Waals surface area contributed by atoms with Crippen molar-refractivity contribution in [2.45, 2.75) is 19.6 Å². The third kappa shape index (κ3) is 4.37. The zero-order chi connectivity index (χ0) is 18.4. The van der Waals surface area contributed by atoms with Crippen molar-refractivity contribution in [2.24, 2.45) is 4.99 Å². The molecule has 3 rings (SSSR count). The molecule has 1 aromatic carbocycles. The van der Waals surface area contributed by atoms with Crippen molar-refractivity contribution in [3.05, 3.63) is 65.6 Å². The molecule has 136 valence electrons. The van der Waals surface area contributed by atoms with E-state index in [9.17, 15) is 0 Å². The second-order valence-corrected chi connectivity index (χ2v) is 6.33. The van der Waals surface area contributed by atoms with Crippen molar-refractivity contribution >= 4 is 11.6 Å². The first-order valence-corrected chi connectivity index (χ1v) is 8.62. The molecule has 2 N–H and O–H groups in total. The Balaban J connectivity index is 1.61. The minimum absolute atomic E-state index is 0.546. The average Bonchev–Trinajstić information content (AvgIpc) is 3.06. The van der Waals surface area contributed by atoms with Crippen LogP contribution in [0.1, 0.15) is 17.0 Å². The molecular formula is C19H25N7. The van der Waals surface area contributed by atoms with Gasteiger partial charge in [0.1, 0.15) is 0 Å². The van der Waals surface area contributed by atoms with Gasteiger partial charge in [-0.25, -0.2) is 0 Å². The van der Waals surface area contributed by atoms with Crippen molar-refractivity contribution in [1.82, 2.24) is 30.1 Å². The quantitative estimate of drug-likeness (QED) is 0.522. The summed E-state index contributed by atoms with van der Waals surface area (Å²) in [6.07, 6.45) is 1.96. The van der Waals surface area contributed by atoms with Crippen molar-refractivity contribution in [3.8, 4) is 0 Å².